The molecule has 0 bridgehead atoms. The van der Waals surface area contributed by atoms with Crippen molar-refractivity contribution in [3.63, 3.8) is 0 Å². The topological polar surface area (TPSA) is 50.1 Å². The van der Waals surface area contributed by atoms with Crippen LogP contribution in [0.25, 0.3) is 0 Å². The van der Waals surface area contributed by atoms with E-state index in [1.807, 2.05) is 0 Å². The molecule has 1 heterocycles. The number of benzene rings is 1. The summed E-state index contributed by atoms with van der Waals surface area (Å²) in [6, 6.07) is 8.55. The normalized spacial score (nSPS) is 22.7. The molecule has 2 rings (SSSR count). The lowest BCUT2D eigenvalue weighted by molar-refractivity contribution is 0.567. The van der Waals surface area contributed by atoms with Crippen molar-refractivity contribution in [2.75, 3.05) is 25.0 Å². The number of hydrogen-bond acceptors (Lipinski definition) is 3. The first-order valence-corrected chi connectivity index (χ1v) is 6.17. The number of nitrogens with one attached hydrogen (secondary N) is 2. The van der Waals surface area contributed by atoms with Gasteiger partial charge in [0.1, 0.15) is 0 Å². The molecule has 1 aromatic rings. The number of nitrogens with two attached hydrogens (primary N) is 1. The van der Waals surface area contributed by atoms with Crippen LogP contribution in [0.1, 0.15) is 30.9 Å². The molecule has 0 amide bonds. The molecule has 0 radical (unpaired) electrons. The van der Waals surface area contributed by atoms with E-state index in [1.165, 1.54) is 11.3 Å². The molecule has 88 valence electrons. The van der Waals surface area contributed by atoms with Gasteiger partial charge in [0.15, 0.2) is 0 Å². The van der Waals surface area contributed by atoms with Crippen molar-refractivity contribution in [2.24, 2.45) is 5.73 Å². The quantitative estimate of drug-likeness (QED) is 0.624. The van der Waals surface area contributed by atoms with Crippen molar-refractivity contribution in [1.29, 1.82) is 0 Å². The smallest absolute Gasteiger partial charge is 0.0388 e. The van der Waals surface area contributed by atoms with Gasteiger partial charge in [0, 0.05) is 18.3 Å². The third-order valence-electron chi connectivity index (χ3n) is 3.07. The molecule has 0 unspecified atom stereocenters. The van der Waals surface area contributed by atoms with Crippen LogP contribution in [0, 0.1) is 0 Å². The van der Waals surface area contributed by atoms with Crippen molar-refractivity contribution in [3.8, 4) is 0 Å². The first kappa shape index (κ1) is 11.4. The van der Waals surface area contributed by atoms with Gasteiger partial charge >= 0.3 is 0 Å². The minimum Gasteiger partial charge on any atom is -0.385 e. The maximum absolute atomic E-state index is 6.22. The van der Waals surface area contributed by atoms with Gasteiger partial charge in [-0.3, -0.25) is 0 Å². The van der Waals surface area contributed by atoms with E-state index in [1.54, 1.807) is 0 Å². The minimum absolute atomic E-state index is 0.156. The van der Waals surface area contributed by atoms with E-state index in [4.69, 9.17) is 5.73 Å². The van der Waals surface area contributed by atoms with Crippen LogP contribution >= 0.6 is 0 Å². The average molecular weight is 219 g/mol. The van der Waals surface area contributed by atoms with E-state index in [0.29, 0.717) is 0 Å². The van der Waals surface area contributed by atoms with Crippen LogP contribution in [0.2, 0.25) is 0 Å². The molecule has 3 nitrogen and oxygen atoms in total. The fraction of sp³-hybridized carbons (Fsp3) is 0.538. The Morgan fingerprint density at radius 2 is 1.88 bits per heavy atom. The van der Waals surface area contributed by atoms with Crippen molar-refractivity contribution in [1.82, 2.24) is 5.32 Å². The summed E-state index contributed by atoms with van der Waals surface area (Å²) < 4.78 is 0. The Morgan fingerprint density at radius 3 is 2.81 bits per heavy atom. The molecule has 0 aliphatic carbocycles. The largest absolute Gasteiger partial charge is 0.385 e. The molecular formula is C13H21N3. The van der Waals surface area contributed by atoms with Gasteiger partial charge in [0.2, 0.25) is 0 Å². The number of rotatable bonds is 0. The second kappa shape index (κ2) is 5.87. The summed E-state index contributed by atoms with van der Waals surface area (Å²) in [6.45, 7) is 3.18. The monoisotopic (exact) mass is 219 g/mol. The Kier molecular flexibility index (Phi) is 4.19. The molecule has 0 saturated carbocycles. The van der Waals surface area contributed by atoms with Gasteiger partial charge in [-0.15, -0.1) is 0 Å². The van der Waals surface area contributed by atoms with Gasteiger partial charge in [-0.05, 0) is 44.0 Å². The Balaban J connectivity index is 2.14. The lowest BCUT2D eigenvalue weighted by atomic mass is 10.0. The maximum Gasteiger partial charge on any atom is 0.0388 e. The van der Waals surface area contributed by atoms with Crippen molar-refractivity contribution >= 4 is 5.69 Å². The van der Waals surface area contributed by atoms with Gasteiger partial charge in [0.05, 0.1) is 0 Å². The van der Waals surface area contributed by atoms with Gasteiger partial charge < -0.3 is 16.4 Å². The van der Waals surface area contributed by atoms with Crippen LogP contribution in [0.3, 0.4) is 0 Å². The molecule has 3 heteroatoms. The Morgan fingerprint density at radius 1 is 1.06 bits per heavy atom. The van der Waals surface area contributed by atoms with Crippen LogP contribution in [-0.4, -0.2) is 19.6 Å². The van der Waals surface area contributed by atoms with Crippen LogP contribution in [-0.2, 0) is 0 Å². The Bertz CT molecular complexity index is 325. The summed E-state index contributed by atoms with van der Waals surface area (Å²) >= 11 is 0. The van der Waals surface area contributed by atoms with E-state index >= 15 is 0 Å². The zero-order chi connectivity index (χ0) is 11.2. The summed E-state index contributed by atoms with van der Waals surface area (Å²) in [7, 11) is 0. The summed E-state index contributed by atoms with van der Waals surface area (Å²) in [5, 5.41) is 6.91. The van der Waals surface area contributed by atoms with E-state index in [9.17, 15) is 0 Å². The predicted molar refractivity (Wildman–Crippen MR) is 68.6 cm³/mol. The third kappa shape index (κ3) is 2.97. The van der Waals surface area contributed by atoms with Crippen molar-refractivity contribution in [2.45, 2.75) is 25.3 Å². The summed E-state index contributed by atoms with van der Waals surface area (Å²) in [4.78, 5) is 0. The van der Waals surface area contributed by atoms with E-state index in [-0.39, 0.29) is 6.04 Å². The van der Waals surface area contributed by atoms with Crippen molar-refractivity contribution in [3.05, 3.63) is 29.8 Å². The van der Waals surface area contributed by atoms with Crippen molar-refractivity contribution < 1.29 is 0 Å². The highest BCUT2D eigenvalue weighted by molar-refractivity contribution is 5.52. The highest BCUT2D eigenvalue weighted by atomic mass is 14.9. The Hall–Kier alpha value is -1.06. The van der Waals surface area contributed by atoms with Crippen LogP contribution in [0.15, 0.2) is 24.3 Å². The van der Waals surface area contributed by atoms with Crippen LogP contribution in [0.4, 0.5) is 5.69 Å². The fourth-order valence-corrected chi connectivity index (χ4v) is 2.15. The number of hydrogen-bond donors (Lipinski definition) is 3. The molecule has 4 N–H and O–H groups in total. The molecule has 1 atom stereocenters. The van der Waals surface area contributed by atoms with E-state index in [0.717, 1.165) is 38.9 Å². The summed E-state index contributed by atoms with van der Waals surface area (Å²) in [6.07, 6.45) is 3.35. The zero-order valence-electron chi connectivity index (χ0n) is 9.71. The molecule has 1 aliphatic heterocycles. The average Bonchev–Trinajstić information content (AvgIpc) is 2.35. The number of para-hydroxylation sites is 1. The SMILES string of the molecule is N[C@H]1CCCNCCCNc2ccccc21. The van der Waals surface area contributed by atoms with E-state index < -0.39 is 0 Å². The molecule has 0 spiro atoms. The third-order valence-corrected chi connectivity index (χ3v) is 3.07. The van der Waals surface area contributed by atoms with Gasteiger partial charge in [-0.2, -0.15) is 0 Å². The minimum atomic E-state index is 0.156. The lowest BCUT2D eigenvalue weighted by Gasteiger charge is -2.16. The molecule has 1 aliphatic rings. The highest BCUT2D eigenvalue weighted by Gasteiger charge is 2.10. The van der Waals surface area contributed by atoms with Gasteiger partial charge in [0.25, 0.3) is 0 Å². The zero-order valence-corrected chi connectivity index (χ0v) is 9.71. The molecular weight excluding hydrogens is 198 g/mol. The second-order valence-electron chi connectivity index (χ2n) is 4.37. The second-order valence-corrected chi connectivity index (χ2v) is 4.37. The predicted octanol–water partition coefficient (Wildman–Crippen LogP) is 1.87. The summed E-state index contributed by atoms with van der Waals surface area (Å²) in [5.41, 5.74) is 8.68. The number of anilines is 1. The standard InChI is InChI=1S/C13H21N3/c14-12-6-3-8-15-9-4-10-16-13-7-2-1-5-11(12)13/h1-2,5,7,12,15-16H,3-4,6,8-10,14H2/t12-/m0/s1. The molecule has 0 saturated heterocycles. The highest BCUT2D eigenvalue weighted by Crippen LogP contribution is 2.24. The van der Waals surface area contributed by atoms with Gasteiger partial charge in [-0.25, -0.2) is 0 Å². The van der Waals surface area contributed by atoms with Crippen LogP contribution in [0.5, 0.6) is 0 Å². The number of fused-ring (bicyclic) bond motifs is 1. The fourth-order valence-electron chi connectivity index (χ4n) is 2.15. The Labute approximate surface area is 97.4 Å². The van der Waals surface area contributed by atoms with Gasteiger partial charge in [-0.1, -0.05) is 18.2 Å². The molecule has 16 heavy (non-hydrogen) atoms. The molecule has 0 aromatic heterocycles. The van der Waals surface area contributed by atoms with Crippen LogP contribution < -0.4 is 16.4 Å². The first-order chi connectivity index (χ1) is 7.88. The lowest BCUT2D eigenvalue weighted by Crippen LogP contribution is -2.19. The maximum atomic E-state index is 6.22. The summed E-state index contributed by atoms with van der Waals surface area (Å²) in [5.74, 6) is 0. The van der Waals surface area contributed by atoms with E-state index in [2.05, 4.69) is 34.9 Å². The first-order valence-electron chi connectivity index (χ1n) is 6.17. The molecule has 0 fully saturated rings. The molecule has 1 aromatic carbocycles.